The van der Waals surface area contributed by atoms with Crippen LogP contribution >= 0.6 is 0 Å². The molecule has 0 aromatic heterocycles. The summed E-state index contributed by atoms with van der Waals surface area (Å²) in [7, 11) is 0. The summed E-state index contributed by atoms with van der Waals surface area (Å²) in [6, 6.07) is -0.661. The van der Waals surface area contributed by atoms with E-state index >= 15 is 0 Å². The molecular weight excluding hydrogens is 332 g/mol. The predicted octanol–water partition coefficient (Wildman–Crippen LogP) is 2.39. The molecule has 8 heteroatoms. The second-order valence-electron chi connectivity index (χ2n) is 7.53. The van der Waals surface area contributed by atoms with Crippen LogP contribution in [0, 0.1) is 11.8 Å². The number of carbonyl (C=O) groups excluding carboxylic acids is 2. The van der Waals surface area contributed by atoms with E-state index in [1.54, 1.807) is 0 Å². The highest BCUT2D eigenvalue weighted by molar-refractivity contribution is 5.85. The summed E-state index contributed by atoms with van der Waals surface area (Å²) in [5.74, 6) is -2.64. The van der Waals surface area contributed by atoms with Crippen LogP contribution in [0.3, 0.4) is 0 Å². The molecular formula is C17H29F2N3O3. The number of rotatable bonds is 7. The Bertz CT molecular complexity index is 460. The van der Waals surface area contributed by atoms with Gasteiger partial charge in [0.15, 0.2) is 0 Å². The van der Waals surface area contributed by atoms with Crippen molar-refractivity contribution in [3.63, 3.8) is 0 Å². The monoisotopic (exact) mass is 361 g/mol. The summed E-state index contributed by atoms with van der Waals surface area (Å²) < 4.78 is 31.4. The predicted molar refractivity (Wildman–Crippen MR) is 89.2 cm³/mol. The van der Waals surface area contributed by atoms with Gasteiger partial charge in [-0.25, -0.2) is 13.6 Å². The van der Waals surface area contributed by atoms with Crippen LogP contribution in [0.25, 0.3) is 0 Å². The van der Waals surface area contributed by atoms with E-state index in [2.05, 4.69) is 16.0 Å². The van der Waals surface area contributed by atoms with Crippen LogP contribution in [-0.2, 0) is 9.53 Å². The van der Waals surface area contributed by atoms with Gasteiger partial charge in [0.1, 0.15) is 6.04 Å². The Morgan fingerprint density at radius 3 is 2.40 bits per heavy atom. The molecule has 0 aromatic carbocycles. The van der Waals surface area contributed by atoms with Gasteiger partial charge >= 0.3 is 6.09 Å². The molecule has 2 amide bonds. The van der Waals surface area contributed by atoms with Crippen molar-refractivity contribution in [1.82, 2.24) is 16.0 Å². The summed E-state index contributed by atoms with van der Waals surface area (Å²) >= 11 is 0. The molecule has 2 aliphatic rings. The minimum atomic E-state index is -2.59. The topological polar surface area (TPSA) is 79.5 Å². The maximum absolute atomic E-state index is 13.1. The van der Waals surface area contributed by atoms with Gasteiger partial charge in [0.2, 0.25) is 11.8 Å². The molecule has 0 bridgehead atoms. The molecule has 3 N–H and O–H groups in total. The van der Waals surface area contributed by atoms with Gasteiger partial charge in [-0.15, -0.1) is 0 Å². The van der Waals surface area contributed by atoms with E-state index in [9.17, 15) is 18.4 Å². The van der Waals surface area contributed by atoms with E-state index < -0.39 is 18.1 Å². The van der Waals surface area contributed by atoms with Gasteiger partial charge in [0.25, 0.3) is 0 Å². The Balaban J connectivity index is 1.75. The Morgan fingerprint density at radius 1 is 1.24 bits per heavy atom. The zero-order valence-electron chi connectivity index (χ0n) is 14.9. The zero-order chi connectivity index (χ0) is 18.4. The SMILES string of the molecule is CC(C)C[C@H](NC(=O)OCC1CCC(F)(F)CC1)C(=O)NC1CCN1. The van der Waals surface area contributed by atoms with Crippen LogP contribution in [0.5, 0.6) is 0 Å². The van der Waals surface area contributed by atoms with E-state index in [1.165, 1.54) is 0 Å². The van der Waals surface area contributed by atoms with Crippen LogP contribution in [-0.4, -0.2) is 43.3 Å². The lowest BCUT2D eigenvalue weighted by Crippen LogP contribution is -2.59. The number of nitrogens with one attached hydrogen (secondary N) is 3. The van der Waals surface area contributed by atoms with E-state index in [-0.39, 0.29) is 43.4 Å². The van der Waals surface area contributed by atoms with E-state index in [4.69, 9.17) is 4.74 Å². The van der Waals surface area contributed by atoms with Crippen molar-refractivity contribution in [3.8, 4) is 0 Å². The maximum atomic E-state index is 13.1. The molecule has 1 unspecified atom stereocenters. The fraction of sp³-hybridized carbons (Fsp3) is 0.882. The largest absolute Gasteiger partial charge is 0.449 e. The minimum Gasteiger partial charge on any atom is -0.449 e. The van der Waals surface area contributed by atoms with Crippen LogP contribution < -0.4 is 16.0 Å². The fourth-order valence-electron chi connectivity index (χ4n) is 3.03. The van der Waals surface area contributed by atoms with Gasteiger partial charge in [-0.1, -0.05) is 13.8 Å². The van der Waals surface area contributed by atoms with E-state index in [0.717, 1.165) is 13.0 Å². The first kappa shape index (κ1) is 19.9. The molecule has 0 radical (unpaired) electrons. The zero-order valence-corrected chi connectivity index (χ0v) is 14.9. The summed E-state index contributed by atoms with van der Waals surface area (Å²) in [6.07, 6.45) is 1.06. The Morgan fingerprint density at radius 2 is 1.88 bits per heavy atom. The molecule has 2 rings (SSSR count). The lowest BCUT2D eigenvalue weighted by Gasteiger charge is -2.31. The first-order chi connectivity index (χ1) is 11.7. The molecule has 1 aliphatic carbocycles. The average molecular weight is 361 g/mol. The molecule has 0 aromatic rings. The van der Waals surface area contributed by atoms with Crippen molar-refractivity contribution in [3.05, 3.63) is 0 Å². The van der Waals surface area contributed by atoms with Gasteiger partial charge in [-0.3, -0.25) is 10.1 Å². The standard InChI is InChI=1S/C17H29F2N3O3/c1-11(2)9-13(15(23)22-14-5-8-20-14)21-16(24)25-10-12-3-6-17(18,19)7-4-12/h11-14,20H,3-10H2,1-2H3,(H,21,24)(H,22,23)/t13-,14?/m0/s1. The lowest BCUT2D eigenvalue weighted by atomic mass is 9.87. The molecule has 2 atom stereocenters. The highest BCUT2D eigenvalue weighted by Gasteiger charge is 2.35. The molecule has 144 valence electrons. The minimum absolute atomic E-state index is 0.0381. The van der Waals surface area contributed by atoms with Crippen LogP contribution in [0.1, 0.15) is 52.4 Å². The quantitative estimate of drug-likeness (QED) is 0.651. The van der Waals surface area contributed by atoms with Gasteiger partial charge < -0.3 is 15.4 Å². The number of alkyl halides is 2. The Labute approximate surface area is 147 Å². The fourth-order valence-corrected chi connectivity index (χ4v) is 3.03. The smallest absolute Gasteiger partial charge is 0.407 e. The molecule has 2 fully saturated rings. The second kappa shape index (κ2) is 8.78. The number of amides is 2. The molecule has 25 heavy (non-hydrogen) atoms. The van der Waals surface area contributed by atoms with Crippen molar-refractivity contribution in [2.75, 3.05) is 13.2 Å². The van der Waals surface area contributed by atoms with Crippen LogP contribution in [0.15, 0.2) is 0 Å². The maximum Gasteiger partial charge on any atom is 0.407 e. The molecule has 1 saturated heterocycles. The van der Waals surface area contributed by atoms with E-state index in [1.807, 2.05) is 13.8 Å². The number of carbonyl (C=O) groups is 2. The molecule has 1 aliphatic heterocycles. The third kappa shape index (κ3) is 6.76. The number of hydrogen-bond acceptors (Lipinski definition) is 4. The number of alkyl carbamates (subject to hydrolysis) is 1. The highest BCUT2D eigenvalue weighted by Crippen LogP contribution is 2.36. The lowest BCUT2D eigenvalue weighted by molar-refractivity contribution is -0.125. The van der Waals surface area contributed by atoms with Crippen molar-refractivity contribution < 1.29 is 23.1 Å². The summed E-state index contributed by atoms with van der Waals surface area (Å²) in [5.41, 5.74) is 0. The summed E-state index contributed by atoms with van der Waals surface area (Å²) in [6.45, 7) is 4.92. The number of hydrogen-bond donors (Lipinski definition) is 3. The molecule has 1 heterocycles. The summed E-state index contributed by atoms with van der Waals surface area (Å²) in [4.78, 5) is 24.3. The third-order valence-corrected chi connectivity index (χ3v) is 4.74. The Kier molecular flexibility index (Phi) is 6.98. The second-order valence-corrected chi connectivity index (χ2v) is 7.53. The van der Waals surface area contributed by atoms with Gasteiger partial charge in [-0.05, 0) is 37.5 Å². The van der Waals surface area contributed by atoms with Gasteiger partial charge in [0, 0.05) is 19.4 Å². The first-order valence-corrected chi connectivity index (χ1v) is 9.10. The van der Waals surface area contributed by atoms with Crippen molar-refractivity contribution in [2.24, 2.45) is 11.8 Å². The molecule has 0 spiro atoms. The first-order valence-electron chi connectivity index (χ1n) is 9.10. The van der Waals surface area contributed by atoms with Gasteiger partial charge in [-0.2, -0.15) is 0 Å². The summed E-state index contributed by atoms with van der Waals surface area (Å²) in [5, 5.41) is 8.52. The number of ether oxygens (including phenoxy) is 1. The van der Waals surface area contributed by atoms with Crippen molar-refractivity contribution in [1.29, 1.82) is 0 Å². The van der Waals surface area contributed by atoms with E-state index in [0.29, 0.717) is 19.3 Å². The normalized spacial score (nSPS) is 24.3. The van der Waals surface area contributed by atoms with Gasteiger partial charge in [0.05, 0.1) is 12.8 Å². The molecule has 6 nitrogen and oxygen atoms in total. The number of halogens is 2. The molecule has 1 saturated carbocycles. The van der Waals surface area contributed by atoms with Crippen molar-refractivity contribution >= 4 is 12.0 Å². The highest BCUT2D eigenvalue weighted by atomic mass is 19.3. The van der Waals surface area contributed by atoms with Crippen molar-refractivity contribution in [2.45, 2.75) is 70.5 Å². The average Bonchev–Trinajstić information content (AvgIpc) is 2.48. The third-order valence-electron chi connectivity index (χ3n) is 4.74. The van der Waals surface area contributed by atoms with Crippen LogP contribution in [0.4, 0.5) is 13.6 Å². The Hall–Kier alpha value is -1.44. The van der Waals surface area contributed by atoms with Crippen LogP contribution in [0.2, 0.25) is 0 Å².